The first-order valence-corrected chi connectivity index (χ1v) is 5.78. The fraction of sp³-hybridized carbons (Fsp3) is 0.385. The SMILES string of the molecule is CC(C)(C)OC(=O)NCC(=O)Nc1ccc(F)cc1. The molecule has 0 fully saturated rings. The van der Waals surface area contributed by atoms with Gasteiger partial charge >= 0.3 is 6.09 Å². The molecule has 0 saturated carbocycles. The minimum atomic E-state index is -0.665. The zero-order valence-corrected chi connectivity index (χ0v) is 11.1. The molecule has 0 spiro atoms. The van der Waals surface area contributed by atoms with Gasteiger partial charge in [-0.25, -0.2) is 9.18 Å². The Morgan fingerprint density at radius 2 is 1.79 bits per heavy atom. The van der Waals surface area contributed by atoms with E-state index in [1.807, 2.05) is 0 Å². The number of carbonyl (C=O) groups excluding carboxylic acids is 2. The van der Waals surface area contributed by atoms with E-state index in [4.69, 9.17) is 4.74 Å². The van der Waals surface area contributed by atoms with Crippen LogP contribution in [0.1, 0.15) is 20.8 Å². The van der Waals surface area contributed by atoms with Gasteiger partial charge in [-0.2, -0.15) is 0 Å². The summed E-state index contributed by atoms with van der Waals surface area (Å²) in [6.45, 7) is 4.97. The van der Waals surface area contributed by atoms with Crippen molar-refractivity contribution in [2.75, 3.05) is 11.9 Å². The highest BCUT2D eigenvalue weighted by Crippen LogP contribution is 2.08. The van der Waals surface area contributed by atoms with Gasteiger partial charge in [-0.15, -0.1) is 0 Å². The maximum Gasteiger partial charge on any atom is 0.408 e. The van der Waals surface area contributed by atoms with Crippen molar-refractivity contribution in [1.82, 2.24) is 5.32 Å². The lowest BCUT2D eigenvalue weighted by atomic mass is 10.2. The van der Waals surface area contributed by atoms with Crippen LogP contribution in [-0.4, -0.2) is 24.1 Å². The van der Waals surface area contributed by atoms with Crippen LogP contribution in [0.4, 0.5) is 14.9 Å². The minimum absolute atomic E-state index is 0.216. The molecule has 1 aromatic carbocycles. The van der Waals surface area contributed by atoms with Crippen molar-refractivity contribution >= 4 is 17.7 Å². The van der Waals surface area contributed by atoms with E-state index in [1.165, 1.54) is 24.3 Å². The first kappa shape index (κ1) is 14.9. The Bertz CT molecular complexity index is 452. The van der Waals surface area contributed by atoms with Gasteiger partial charge in [0.05, 0.1) is 0 Å². The molecule has 0 saturated heterocycles. The lowest BCUT2D eigenvalue weighted by Gasteiger charge is -2.19. The topological polar surface area (TPSA) is 67.4 Å². The van der Waals surface area contributed by atoms with Crippen molar-refractivity contribution < 1.29 is 18.7 Å². The Balaban J connectivity index is 2.36. The third-order valence-corrected chi connectivity index (χ3v) is 1.92. The van der Waals surface area contributed by atoms with Crippen molar-refractivity contribution in [2.24, 2.45) is 0 Å². The number of halogens is 1. The predicted octanol–water partition coefficient (Wildman–Crippen LogP) is 2.29. The third-order valence-electron chi connectivity index (χ3n) is 1.92. The van der Waals surface area contributed by atoms with Gasteiger partial charge in [-0.05, 0) is 45.0 Å². The highest BCUT2D eigenvalue weighted by atomic mass is 19.1. The summed E-state index contributed by atoms with van der Waals surface area (Å²) in [7, 11) is 0. The smallest absolute Gasteiger partial charge is 0.408 e. The quantitative estimate of drug-likeness (QED) is 0.883. The maximum atomic E-state index is 12.6. The van der Waals surface area contributed by atoms with E-state index in [-0.39, 0.29) is 12.4 Å². The van der Waals surface area contributed by atoms with E-state index >= 15 is 0 Å². The fourth-order valence-electron chi connectivity index (χ4n) is 1.21. The van der Waals surface area contributed by atoms with Gasteiger partial charge < -0.3 is 15.4 Å². The first-order valence-electron chi connectivity index (χ1n) is 5.78. The van der Waals surface area contributed by atoms with Gasteiger partial charge in [0, 0.05) is 5.69 Å². The van der Waals surface area contributed by atoms with Crippen LogP contribution in [0.25, 0.3) is 0 Å². The number of hydrogen-bond donors (Lipinski definition) is 2. The summed E-state index contributed by atoms with van der Waals surface area (Å²) < 4.78 is 17.6. The molecule has 0 aliphatic rings. The van der Waals surface area contributed by atoms with Crippen LogP contribution >= 0.6 is 0 Å². The number of hydrogen-bond acceptors (Lipinski definition) is 3. The Hall–Kier alpha value is -2.11. The zero-order chi connectivity index (χ0) is 14.5. The highest BCUT2D eigenvalue weighted by Gasteiger charge is 2.16. The Kier molecular flexibility index (Phi) is 4.86. The average Bonchev–Trinajstić information content (AvgIpc) is 2.27. The second kappa shape index (κ2) is 6.17. The Morgan fingerprint density at radius 1 is 1.21 bits per heavy atom. The van der Waals surface area contributed by atoms with Gasteiger partial charge in [-0.3, -0.25) is 4.79 Å². The molecule has 0 aromatic heterocycles. The van der Waals surface area contributed by atoms with Gasteiger partial charge in [0.1, 0.15) is 18.0 Å². The van der Waals surface area contributed by atoms with Gasteiger partial charge in [-0.1, -0.05) is 0 Å². The van der Waals surface area contributed by atoms with Crippen molar-refractivity contribution in [3.63, 3.8) is 0 Å². The van der Waals surface area contributed by atoms with E-state index < -0.39 is 17.6 Å². The maximum absolute atomic E-state index is 12.6. The number of anilines is 1. The van der Waals surface area contributed by atoms with E-state index in [0.717, 1.165) is 0 Å². The molecule has 0 aliphatic heterocycles. The molecule has 104 valence electrons. The van der Waals surface area contributed by atoms with E-state index in [1.54, 1.807) is 20.8 Å². The summed E-state index contributed by atoms with van der Waals surface area (Å²) in [5, 5.41) is 4.83. The molecule has 19 heavy (non-hydrogen) atoms. The second-order valence-electron chi connectivity index (χ2n) is 4.91. The van der Waals surface area contributed by atoms with Crippen LogP contribution in [-0.2, 0) is 9.53 Å². The largest absolute Gasteiger partial charge is 0.444 e. The number of nitrogens with one attached hydrogen (secondary N) is 2. The summed E-state index contributed by atoms with van der Waals surface area (Å²) >= 11 is 0. The molecule has 2 amide bonds. The lowest BCUT2D eigenvalue weighted by molar-refractivity contribution is -0.115. The lowest BCUT2D eigenvalue weighted by Crippen LogP contribution is -2.37. The molecular formula is C13H17FN2O3. The molecule has 1 rings (SSSR count). The summed E-state index contributed by atoms with van der Waals surface area (Å²) in [4.78, 5) is 22.8. The number of ether oxygens (including phenoxy) is 1. The van der Waals surface area contributed by atoms with Crippen molar-refractivity contribution in [3.8, 4) is 0 Å². The van der Waals surface area contributed by atoms with Crippen molar-refractivity contribution in [1.29, 1.82) is 0 Å². The third kappa shape index (κ3) is 6.40. The van der Waals surface area contributed by atoms with Gasteiger partial charge in [0.2, 0.25) is 5.91 Å². The van der Waals surface area contributed by atoms with Crippen LogP contribution in [0, 0.1) is 5.82 Å². The van der Waals surface area contributed by atoms with Gasteiger partial charge in [0.15, 0.2) is 0 Å². The molecular weight excluding hydrogens is 251 g/mol. The zero-order valence-electron chi connectivity index (χ0n) is 11.1. The van der Waals surface area contributed by atoms with Crippen LogP contribution in [0.5, 0.6) is 0 Å². The molecule has 0 aliphatic carbocycles. The molecule has 0 atom stereocenters. The van der Waals surface area contributed by atoms with Crippen LogP contribution in [0.3, 0.4) is 0 Å². The highest BCUT2D eigenvalue weighted by molar-refractivity contribution is 5.93. The minimum Gasteiger partial charge on any atom is -0.444 e. The standard InChI is InChI=1S/C13H17FN2O3/c1-13(2,3)19-12(18)15-8-11(17)16-10-6-4-9(14)5-7-10/h4-7H,8H2,1-3H3,(H,15,18)(H,16,17). The number of rotatable bonds is 3. The molecule has 0 unspecified atom stereocenters. The monoisotopic (exact) mass is 268 g/mol. The Morgan fingerprint density at radius 3 is 2.32 bits per heavy atom. The van der Waals surface area contributed by atoms with Crippen molar-refractivity contribution in [3.05, 3.63) is 30.1 Å². The first-order chi connectivity index (χ1) is 8.76. The number of benzene rings is 1. The number of alkyl carbamates (subject to hydrolysis) is 1. The Labute approximate surface area is 111 Å². The molecule has 1 aromatic rings. The average molecular weight is 268 g/mol. The van der Waals surface area contributed by atoms with Crippen LogP contribution in [0.15, 0.2) is 24.3 Å². The molecule has 2 N–H and O–H groups in total. The van der Waals surface area contributed by atoms with Crippen LogP contribution < -0.4 is 10.6 Å². The fourth-order valence-corrected chi connectivity index (χ4v) is 1.21. The molecule has 0 heterocycles. The summed E-state index contributed by atoms with van der Waals surface area (Å²) in [6, 6.07) is 5.33. The molecule has 0 bridgehead atoms. The predicted molar refractivity (Wildman–Crippen MR) is 69.3 cm³/mol. The normalized spacial score (nSPS) is 10.7. The summed E-state index contributed by atoms with van der Waals surface area (Å²) in [5.74, 6) is -0.803. The van der Waals surface area contributed by atoms with E-state index in [0.29, 0.717) is 5.69 Å². The van der Waals surface area contributed by atoms with Gasteiger partial charge in [0.25, 0.3) is 0 Å². The summed E-state index contributed by atoms with van der Waals surface area (Å²) in [6.07, 6.45) is -0.665. The second-order valence-corrected chi connectivity index (χ2v) is 4.91. The molecule has 6 heteroatoms. The molecule has 0 radical (unpaired) electrons. The van der Waals surface area contributed by atoms with E-state index in [2.05, 4.69) is 10.6 Å². The molecule has 5 nitrogen and oxygen atoms in total. The van der Waals surface area contributed by atoms with Crippen LogP contribution in [0.2, 0.25) is 0 Å². The van der Waals surface area contributed by atoms with Crippen molar-refractivity contribution in [2.45, 2.75) is 26.4 Å². The summed E-state index contributed by atoms with van der Waals surface area (Å²) in [5.41, 5.74) is -0.158. The van der Waals surface area contributed by atoms with E-state index in [9.17, 15) is 14.0 Å². The number of carbonyl (C=O) groups is 2. The number of amides is 2.